The van der Waals surface area contributed by atoms with Crippen molar-refractivity contribution < 1.29 is 9.59 Å². The number of aldehydes is 2. The van der Waals surface area contributed by atoms with Gasteiger partial charge in [-0.15, -0.1) is 0 Å². The van der Waals surface area contributed by atoms with Gasteiger partial charge in [0.25, 0.3) is 0 Å². The molecule has 0 unspecified atom stereocenters. The maximum absolute atomic E-state index is 10.8. The van der Waals surface area contributed by atoms with Gasteiger partial charge in [-0.1, -0.05) is 0 Å². The highest BCUT2D eigenvalue weighted by Crippen LogP contribution is 2.36. The standard InChI is InChI=1S/C12H8NO2/c14-7-9-3-1-5-11(9)12-10(8-15)4-2-6-13-12/h1-8H. The van der Waals surface area contributed by atoms with Gasteiger partial charge in [-0.2, -0.15) is 0 Å². The lowest BCUT2D eigenvalue weighted by Crippen LogP contribution is -2.11. The van der Waals surface area contributed by atoms with Crippen LogP contribution in [-0.4, -0.2) is 17.6 Å². The van der Waals surface area contributed by atoms with E-state index in [0.717, 1.165) is 12.6 Å². The topological polar surface area (TPSA) is 47.0 Å². The molecule has 73 valence electrons. The zero-order valence-electron chi connectivity index (χ0n) is 7.88. The van der Waals surface area contributed by atoms with Gasteiger partial charge in [-0.3, -0.25) is 9.78 Å². The second kappa shape index (κ2) is 4.34. The van der Waals surface area contributed by atoms with Gasteiger partial charge in [0.05, 0.1) is 11.6 Å². The Kier molecular flexibility index (Phi) is 2.90. The van der Waals surface area contributed by atoms with Crippen LogP contribution in [-0.2, 0) is 4.79 Å². The lowest BCUT2D eigenvalue weighted by atomic mass is 9.91. The van der Waals surface area contributed by atoms with Crippen LogP contribution in [0.15, 0.2) is 18.3 Å². The van der Waals surface area contributed by atoms with Gasteiger partial charge in [0.15, 0.2) is 6.29 Å². The Bertz CT molecular complexity index is 376. The van der Waals surface area contributed by atoms with Crippen molar-refractivity contribution in [3.05, 3.63) is 60.7 Å². The molecular formula is C12H8NO2. The highest BCUT2D eigenvalue weighted by atomic mass is 16.1. The molecule has 1 fully saturated rings. The van der Waals surface area contributed by atoms with Crippen LogP contribution in [0.3, 0.4) is 0 Å². The number of rotatable bonds is 3. The van der Waals surface area contributed by atoms with Crippen LogP contribution in [0.4, 0.5) is 0 Å². The number of carbonyl (C=O) groups is 2. The first-order valence-electron chi connectivity index (χ1n) is 4.48. The van der Waals surface area contributed by atoms with Gasteiger partial charge in [-0.05, 0) is 31.4 Å². The molecular weight excluding hydrogens is 190 g/mol. The molecule has 1 aromatic rings. The third-order valence-corrected chi connectivity index (χ3v) is 2.20. The zero-order chi connectivity index (χ0) is 10.7. The van der Waals surface area contributed by atoms with Crippen molar-refractivity contribution >= 4 is 12.6 Å². The number of carbonyl (C=O) groups excluding carboxylic acids is 2. The summed E-state index contributed by atoms with van der Waals surface area (Å²) in [6.07, 6.45) is 8.35. The predicted octanol–water partition coefficient (Wildman–Crippen LogP) is 1.22. The van der Waals surface area contributed by atoms with Gasteiger partial charge < -0.3 is 4.79 Å². The van der Waals surface area contributed by atoms with E-state index < -0.39 is 0 Å². The van der Waals surface area contributed by atoms with Crippen LogP contribution in [0.2, 0.25) is 0 Å². The summed E-state index contributed by atoms with van der Waals surface area (Å²) in [5.74, 6) is 1.25. The lowest BCUT2D eigenvalue weighted by Gasteiger charge is -2.13. The smallest absolute Gasteiger partial charge is 0.151 e. The second-order valence-corrected chi connectivity index (χ2v) is 3.07. The first-order chi connectivity index (χ1) is 7.36. The van der Waals surface area contributed by atoms with E-state index in [9.17, 15) is 9.59 Å². The summed E-state index contributed by atoms with van der Waals surface area (Å²) < 4.78 is 0. The molecule has 0 spiro atoms. The fourth-order valence-corrected chi connectivity index (χ4v) is 1.49. The summed E-state index contributed by atoms with van der Waals surface area (Å²) in [6, 6.07) is 3.37. The molecule has 1 aromatic heterocycles. The van der Waals surface area contributed by atoms with Crippen molar-refractivity contribution in [1.29, 1.82) is 0 Å². The monoisotopic (exact) mass is 198 g/mol. The molecule has 3 heteroatoms. The van der Waals surface area contributed by atoms with E-state index in [1.54, 1.807) is 37.6 Å². The highest BCUT2D eigenvalue weighted by Gasteiger charge is 2.32. The molecule has 0 aromatic carbocycles. The van der Waals surface area contributed by atoms with Crippen molar-refractivity contribution in [2.24, 2.45) is 0 Å². The van der Waals surface area contributed by atoms with Crippen LogP contribution in [0.25, 0.3) is 0 Å². The van der Waals surface area contributed by atoms with Crippen LogP contribution < -0.4 is 0 Å². The molecule has 0 bridgehead atoms. The average molecular weight is 198 g/mol. The van der Waals surface area contributed by atoms with Gasteiger partial charge in [0, 0.05) is 17.7 Å². The molecule has 0 N–H and O–H groups in total. The van der Waals surface area contributed by atoms with Crippen LogP contribution in [0.5, 0.6) is 0 Å². The average Bonchev–Trinajstić information content (AvgIpc) is 2.76. The summed E-state index contributed by atoms with van der Waals surface area (Å²) in [5.41, 5.74) is 1.05. The third kappa shape index (κ3) is 1.82. The third-order valence-electron chi connectivity index (χ3n) is 2.20. The minimum atomic E-state index is 0.492. The molecule has 1 heterocycles. The van der Waals surface area contributed by atoms with Gasteiger partial charge in [0.2, 0.25) is 0 Å². The maximum atomic E-state index is 10.8. The number of pyridine rings is 1. The highest BCUT2D eigenvalue weighted by molar-refractivity contribution is 5.87. The van der Waals surface area contributed by atoms with Crippen molar-refractivity contribution in [3.8, 4) is 0 Å². The Hall–Kier alpha value is -1.51. The molecule has 0 aliphatic heterocycles. The number of hydrogen-bond donors (Lipinski definition) is 0. The van der Waals surface area contributed by atoms with Crippen molar-refractivity contribution in [1.82, 2.24) is 4.98 Å². The maximum Gasteiger partial charge on any atom is 0.151 e. The Labute approximate surface area is 88.5 Å². The summed E-state index contributed by atoms with van der Waals surface area (Å²) in [5, 5.41) is 0. The number of aromatic nitrogens is 1. The Morgan fingerprint density at radius 1 is 1.13 bits per heavy atom. The van der Waals surface area contributed by atoms with Gasteiger partial charge in [0.1, 0.15) is 6.29 Å². The number of nitrogens with zero attached hydrogens (tertiary/aromatic N) is 1. The van der Waals surface area contributed by atoms with Crippen LogP contribution in [0.1, 0.15) is 16.1 Å². The van der Waals surface area contributed by atoms with Crippen molar-refractivity contribution in [3.63, 3.8) is 0 Å². The van der Waals surface area contributed by atoms with E-state index in [1.807, 2.05) is 0 Å². The summed E-state index contributed by atoms with van der Waals surface area (Å²) >= 11 is 0. The molecule has 1 aliphatic carbocycles. The van der Waals surface area contributed by atoms with E-state index in [0.29, 0.717) is 23.1 Å². The van der Waals surface area contributed by atoms with Gasteiger partial charge in [-0.25, -0.2) is 0 Å². The Morgan fingerprint density at radius 3 is 2.73 bits per heavy atom. The normalized spacial score (nSPS) is 17.9. The summed E-state index contributed by atoms with van der Waals surface area (Å²) in [7, 11) is 0. The van der Waals surface area contributed by atoms with Crippen LogP contribution >= 0.6 is 0 Å². The van der Waals surface area contributed by atoms with Crippen molar-refractivity contribution in [2.45, 2.75) is 0 Å². The first kappa shape index (κ1) is 10.0. The predicted molar refractivity (Wildman–Crippen MR) is 54.2 cm³/mol. The zero-order valence-corrected chi connectivity index (χ0v) is 7.88. The molecule has 0 atom stereocenters. The lowest BCUT2D eigenvalue weighted by molar-refractivity contribution is -0.105. The summed E-state index contributed by atoms with van der Waals surface area (Å²) in [4.78, 5) is 25.6. The van der Waals surface area contributed by atoms with E-state index in [1.165, 1.54) is 0 Å². The minimum Gasteiger partial charge on any atom is -0.303 e. The molecule has 3 nitrogen and oxygen atoms in total. The SMILES string of the molecule is O=C[C]1[CH][CH][CH][C]1c1ncccc1C=O. The summed E-state index contributed by atoms with van der Waals surface area (Å²) in [6.45, 7) is 0. The van der Waals surface area contributed by atoms with Crippen molar-refractivity contribution in [2.75, 3.05) is 0 Å². The minimum absolute atomic E-state index is 0.492. The molecule has 0 saturated heterocycles. The van der Waals surface area contributed by atoms with Crippen LogP contribution in [0, 0.1) is 31.1 Å². The molecule has 2 rings (SSSR count). The van der Waals surface area contributed by atoms with E-state index in [-0.39, 0.29) is 0 Å². The number of hydrogen-bond acceptors (Lipinski definition) is 3. The largest absolute Gasteiger partial charge is 0.303 e. The molecule has 5 radical (unpaired) electrons. The molecule has 1 saturated carbocycles. The molecule has 0 amide bonds. The quantitative estimate of drug-likeness (QED) is 0.686. The van der Waals surface area contributed by atoms with Gasteiger partial charge >= 0.3 is 0 Å². The first-order valence-corrected chi connectivity index (χ1v) is 4.48. The van der Waals surface area contributed by atoms with E-state index in [2.05, 4.69) is 4.98 Å². The fourth-order valence-electron chi connectivity index (χ4n) is 1.49. The Balaban J connectivity index is 2.35. The Morgan fingerprint density at radius 2 is 2.00 bits per heavy atom. The molecule has 15 heavy (non-hydrogen) atoms. The second-order valence-electron chi connectivity index (χ2n) is 3.07. The van der Waals surface area contributed by atoms with E-state index in [4.69, 9.17) is 0 Å². The molecule has 1 aliphatic rings. The van der Waals surface area contributed by atoms with E-state index >= 15 is 0 Å². The fraction of sp³-hybridized carbons (Fsp3) is 0.